The molecule has 0 amide bonds. The summed E-state index contributed by atoms with van der Waals surface area (Å²) in [4.78, 5) is 6.74. The normalized spacial score (nSPS) is 19.4. The number of rotatable bonds is 2. The van der Waals surface area contributed by atoms with E-state index in [9.17, 15) is 0 Å². The molecular formula is C18H17N3O2. The van der Waals surface area contributed by atoms with Gasteiger partial charge in [0.1, 0.15) is 25.1 Å². The van der Waals surface area contributed by atoms with Crippen molar-refractivity contribution in [1.29, 1.82) is 5.26 Å². The second-order valence-corrected chi connectivity index (χ2v) is 5.77. The highest BCUT2D eigenvalue weighted by Gasteiger charge is 2.28. The van der Waals surface area contributed by atoms with Gasteiger partial charge in [0.25, 0.3) is 0 Å². The Morgan fingerprint density at radius 2 is 2.00 bits per heavy atom. The fraction of sp³-hybridized carbons (Fsp3) is 0.333. The monoisotopic (exact) mass is 307 g/mol. The van der Waals surface area contributed by atoms with E-state index in [-0.39, 0.29) is 6.04 Å². The van der Waals surface area contributed by atoms with Crippen LogP contribution < -0.4 is 14.4 Å². The summed E-state index contributed by atoms with van der Waals surface area (Å²) in [6.45, 7) is 2.18. The van der Waals surface area contributed by atoms with E-state index in [0.29, 0.717) is 18.8 Å². The molecule has 5 nitrogen and oxygen atoms in total. The molecule has 2 aliphatic rings. The minimum absolute atomic E-state index is 0.284. The van der Waals surface area contributed by atoms with Gasteiger partial charge in [0, 0.05) is 12.7 Å². The molecule has 1 aromatic carbocycles. The van der Waals surface area contributed by atoms with Crippen LogP contribution in [0.15, 0.2) is 36.5 Å². The van der Waals surface area contributed by atoms with Crippen LogP contribution in [0.1, 0.15) is 30.0 Å². The molecule has 0 aliphatic carbocycles. The minimum Gasteiger partial charge on any atom is -0.486 e. The first-order chi connectivity index (χ1) is 11.3. The Morgan fingerprint density at radius 1 is 1.13 bits per heavy atom. The highest BCUT2D eigenvalue weighted by Crippen LogP contribution is 2.39. The number of fused-ring (bicyclic) bond motifs is 1. The maximum absolute atomic E-state index is 8.91. The summed E-state index contributed by atoms with van der Waals surface area (Å²) in [6.07, 6.45) is 3.84. The fourth-order valence-corrected chi connectivity index (χ4v) is 3.28. The third-order valence-corrected chi connectivity index (χ3v) is 4.38. The number of nitrogens with zero attached hydrogens (tertiary/aromatic N) is 3. The van der Waals surface area contributed by atoms with Crippen molar-refractivity contribution in [3.05, 3.63) is 47.7 Å². The van der Waals surface area contributed by atoms with Crippen LogP contribution in [0.25, 0.3) is 0 Å². The lowest BCUT2D eigenvalue weighted by Gasteiger charge is -2.27. The lowest BCUT2D eigenvalue weighted by atomic mass is 10.0. The molecular weight excluding hydrogens is 290 g/mol. The number of anilines is 1. The van der Waals surface area contributed by atoms with E-state index in [2.05, 4.69) is 28.1 Å². The Kier molecular flexibility index (Phi) is 3.51. The Bertz CT molecular complexity index is 752. The number of hydrogen-bond acceptors (Lipinski definition) is 5. The molecule has 0 unspecified atom stereocenters. The largest absolute Gasteiger partial charge is 0.486 e. The summed E-state index contributed by atoms with van der Waals surface area (Å²) < 4.78 is 11.3. The zero-order valence-corrected chi connectivity index (χ0v) is 12.7. The second kappa shape index (κ2) is 5.81. The molecule has 0 radical (unpaired) electrons. The van der Waals surface area contributed by atoms with E-state index < -0.39 is 0 Å². The van der Waals surface area contributed by atoms with E-state index in [1.807, 2.05) is 18.2 Å². The average molecular weight is 307 g/mol. The van der Waals surface area contributed by atoms with Gasteiger partial charge >= 0.3 is 0 Å². The SMILES string of the molecule is N#Cc1ccc(N2CCC[C@@H]2c2ccc3c(c2)OCCO3)nc1. The van der Waals surface area contributed by atoms with E-state index >= 15 is 0 Å². The van der Waals surface area contributed by atoms with E-state index in [0.717, 1.165) is 36.7 Å². The summed E-state index contributed by atoms with van der Waals surface area (Å²) in [7, 11) is 0. The molecule has 2 aliphatic heterocycles. The molecule has 1 aromatic heterocycles. The van der Waals surface area contributed by atoms with Crippen LogP contribution in [0.5, 0.6) is 11.5 Å². The fourth-order valence-electron chi connectivity index (χ4n) is 3.28. The molecule has 0 saturated carbocycles. The predicted molar refractivity (Wildman–Crippen MR) is 85.7 cm³/mol. The van der Waals surface area contributed by atoms with Crippen molar-refractivity contribution in [2.24, 2.45) is 0 Å². The van der Waals surface area contributed by atoms with Crippen LogP contribution in [0.3, 0.4) is 0 Å². The minimum atomic E-state index is 0.284. The predicted octanol–water partition coefficient (Wildman–Crippen LogP) is 3.07. The molecule has 4 rings (SSSR count). The first-order valence-electron chi connectivity index (χ1n) is 7.87. The molecule has 0 N–H and O–H groups in total. The Labute approximate surface area is 135 Å². The summed E-state index contributed by atoms with van der Waals surface area (Å²) in [5.74, 6) is 2.57. The molecule has 2 aromatic rings. The molecule has 5 heteroatoms. The zero-order valence-electron chi connectivity index (χ0n) is 12.7. The van der Waals surface area contributed by atoms with Crippen LogP contribution in [0, 0.1) is 11.3 Å². The highest BCUT2D eigenvalue weighted by molar-refractivity contribution is 5.50. The number of hydrogen-bond donors (Lipinski definition) is 0. The third kappa shape index (κ3) is 2.57. The van der Waals surface area contributed by atoms with E-state index in [1.165, 1.54) is 5.56 Å². The molecule has 0 bridgehead atoms. The summed E-state index contributed by atoms with van der Waals surface area (Å²) in [6, 6.07) is 12.3. The van der Waals surface area contributed by atoms with Gasteiger partial charge in [0.15, 0.2) is 11.5 Å². The van der Waals surface area contributed by atoms with Crippen molar-refractivity contribution in [2.75, 3.05) is 24.7 Å². The number of aromatic nitrogens is 1. The highest BCUT2D eigenvalue weighted by atomic mass is 16.6. The van der Waals surface area contributed by atoms with Crippen LogP contribution in [-0.4, -0.2) is 24.7 Å². The smallest absolute Gasteiger partial charge is 0.161 e. The van der Waals surface area contributed by atoms with E-state index in [1.54, 1.807) is 6.20 Å². The molecule has 23 heavy (non-hydrogen) atoms. The Morgan fingerprint density at radius 3 is 2.78 bits per heavy atom. The lowest BCUT2D eigenvalue weighted by molar-refractivity contribution is 0.171. The van der Waals surface area contributed by atoms with Crippen LogP contribution >= 0.6 is 0 Å². The molecule has 0 spiro atoms. The van der Waals surface area contributed by atoms with Crippen LogP contribution in [0.4, 0.5) is 5.82 Å². The van der Waals surface area contributed by atoms with Gasteiger partial charge < -0.3 is 14.4 Å². The van der Waals surface area contributed by atoms with E-state index in [4.69, 9.17) is 14.7 Å². The van der Waals surface area contributed by atoms with Gasteiger partial charge in [-0.2, -0.15) is 5.26 Å². The second-order valence-electron chi connectivity index (χ2n) is 5.77. The van der Waals surface area contributed by atoms with Crippen molar-refractivity contribution < 1.29 is 9.47 Å². The standard InChI is InChI=1S/C18H17N3O2/c19-11-13-3-6-18(20-12-13)21-7-1-2-15(21)14-4-5-16-17(10-14)23-9-8-22-16/h3-6,10,12,15H,1-2,7-9H2/t15-/m1/s1. The van der Waals surface area contributed by atoms with Gasteiger partial charge in [-0.25, -0.2) is 4.98 Å². The first-order valence-corrected chi connectivity index (χ1v) is 7.87. The quantitative estimate of drug-likeness (QED) is 0.853. The van der Waals surface area contributed by atoms with Gasteiger partial charge in [-0.05, 0) is 42.7 Å². The molecule has 3 heterocycles. The summed E-state index contributed by atoms with van der Waals surface area (Å²) in [5.41, 5.74) is 1.81. The third-order valence-electron chi connectivity index (χ3n) is 4.38. The maximum atomic E-state index is 8.91. The molecule has 1 atom stereocenters. The van der Waals surface area contributed by atoms with Crippen LogP contribution in [-0.2, 0) is 0 Å². The number of nitriles is 1. The number of benzene rings is 1. The van der Waals surface area contributed by atoms with Gasteiger partial charge in [0.2, 0.25) is 0 Å². The van der Waals surface area contributed by atoms with Crippen molar-refractivity contribution in [1.82, 2.24) is 4.98 Å². The van der Waals surface area contributed by atoms with Gasteiger partial charge in [0.05, 0.1) is 11.6 Å². The van der Waals surface area contributed by atoms with Crippen molar-refractivity contribution in [2.45, 2.75) is 18.9 Å². The molecule has 1 fully saturated rings. The van der Waals surface area contributed by atoms with Crippen molar-refractivity contribution in [3.63, 3.8) is 0 Å². The number of pyridine rings is 1. The summed E-state index contributed by atoms with van der Waals surface area (Å²) in [5, 5.41) is 8.91. The summed E-state index contributed by atoms with van der Waals surface area (Å²) >= 11 is 0. The van der Waals surface area contributed by atoms with Crippen molar-refractivity contribution >= 4 is 5.82 Å². The van der Waals surface area contributed by atoms with Crippen LogP contribution in [0.2, 0.25) is 0 Å². The lowest BCUT2D eigenvalue weighted by Crippen LogP contribution is -2.24. The molecule has 116 valence electrons. The Balaban J connectivity index is 1.63. The first kappa shape index (κ1) is 13.9. The average Bonchev–Trinajstić information content (AvgIpc) is 3.11. The Hall–Kier alpha value is -2.74. The zero-order chi connectivity index (χ0) is 15.6. The van der Waals surface area contributed by atoms with Gasteiger partial charge in [-0.3, -0.25) is 0 Å². The van der Waals surface area contributed by atoms with Gasteiger partial charge in [-0.1, -0.05) is 6.07 Å². The van der Waals surface area contributed by atoms with Crippen molar-refractivity contribution in [3.8, 4) is 17.6 Å². The topological polar surface area (TPSA) is 58.4 Å². The molecule has 1 saturated heterocycles. The number of ether oxygens (including phenoxy) is 2. The van der Waals surface area contributed by atoms with Gasteiger partial charge in [-0.15, -0.1) is 0 Å². The maximum Gasteiger partial charge on any atom is 0.161 e.